The molecule has 0 bridgehead atoms. The molecule has 0 saturated carbocycles. The monoisotopic (exact) mass is 349 g/mol. The molecule has 130 valence electrons. The largest absolute Gasteiger partial charge is 0.454 e. The third-order valence-electron chi connectivity index (χ3n) is 3.70. The van der Waals surface area contributed by atoms with Gasteiger partial charge in [0.2, 0.25) is 6.79 Å². The van der Waals surface area contributed by atoms with Crippen LogP contribution < -0.4 is 20.1 Å². The lowest BCUT2D eigenvalue weighted by Gasteiger charge is -2.08. The van der Waals surface area contributed by atoms with Crippen LogP contribution in [0.1, 0.15) is 16.2 Å². The van der Waals surface area contributed by atoms with Gasteiger partial charge in [-0.05, 0) is 24.3 Å². The number of nitrogens with zero attached hydrogens (tertiary/aromatic N) is 3. The van der Waals surface area contributed by atoms with Crippen LogP contribution in [-0.2, 0) is 6.54 Å². The number of hydrogen-bond acceptors (Lipinski definition) is 7. The highest BCUT2D eigenvalue weighted by atomic mass is 16.7. The summed E-state index contributed by atoms with van der Waals surface area (Å²) >= 11 is 0. The molecule has 0 fully saturated rings. The second-order valence-electron chi connectivity index (χ2n) is 5.49. The smallest absolute Gasteiger partial charge is 0.270 e. The van der Waals surface area contributed by atoms with Crippen molar-refractivity contribution in [2.24, 2.45) is 0 Å². The number of fused-ring (bicyclic) bond motifs is 1. The van der Waals surface area contributed by atoms with Crippen LogP contribution in [0.5, 0.6) is 11.5 Å². The first-order valence-electron chi connectivity index (χ1n) is 7.95. The Balaban J connectivity index is 1.43. The third kappa shape index (κ3) is 3.54. The van der Waals surface area contributed by atoms with Gasteiger partial charge in [-0.15, -0.1) is 0 Å². The Labute approximate surface area is 149 Å². The van der Waals surface area contributed by atoms with Gasteiger partial charge in [0.15, 0.2) is 11.5 Å². The van der Waals surface area contributed by atoms with E-state index in [0.717, 1.165) is 11.4 Å². The number of hydrogen-bond donors (Lipinski definition) is 2. The number of rotatable bonds is 5. The SMILES string of the molecule is O=C(NCc1ccccn1)c1cc(Nc2ccc3c(c2)OCO3)ncn1. The third-order valence-corrected chi connectivity index (χ3v) is 3.70. The molecule has 8 nitrogen and oxygen atoms in total. The topological polar surface area (TPSA) is 98.3 Å². The van der Waals surface area contributed by atoms with Crippen molar-refractivity contribution in [1.29, 1.82) is 0 Å². The highest BCUT2D eigenvalue weighted by Crippen LogP contribution is 2.34. The van der Waals surface area contributed by atoms with Crippen molar-refractivity contribution in [1.82, 2.24) is 20.3 Å². The van der Waals surface area contributed by atoms with Crippen molar-refractivity contribution in [3.63, 3.8) is 0 Å². The minimum absolute atomic E-state index is 0.215. The zero-order valence-corrected chi connectivity index (χ0v) is 13.7. The van der Waals surface area contributed by atoms with Crippen LogP contribution in [0, 0.1) is 0 Å². The molecule has 0 spiro atoms. The molecule has 0 atom stereocenters. The Morgan fingerprint density at radius 2 is 1.96 bits per heavy atom. The number of amides is 1. The van der Waals surface area contributed by atoms with Gasteiger partial charge in [-0.3, -0.25) is 9.78 Å². The van der Waals surface area contributed by atoms with E-state index in [0.29, 0.717) is 23.9 Å². The Kier molecular flexibility index (Phi) is 4.29. The van der Waals surface area contributed by atoms with E-state index >= 15 is 0 Å². The minimum Gasteiger partial charge on any atom is -0.454 e. The van der Waals surface area contributed by atoms with E-state index in [1.165, 1.54) is 6.33 Å². The lowest BCUT2D eigenvalue weighted by atomic mass is 10.2. The molecule has 1 aromatic carbocycles. The summed E-state index contributed by atoms with van der Waals surface area (Å²) in [5, 5.41) is 5.91. The molecule has 8 heteroatoms. The van der Waals surface area contributed by atoms with E-state index in [-0.39, 0.29) is 18.4 Å². The molecule has 0 radical (unpaired) electrons. The summed E-state index contributed by atoms with van der Waals surface area (Å²) in [6.45, 7) is 0.543. The van der Waals surface area contributed by atoms with Crippen molar-refractivity contribution in [2.45, 2.75) is 6.54 Å². The maximum absolute atomic E-state index is 12.3. The fourth-order valence-corrected chi connectivity index (χ4v) is 2.44. The van der Waals surface area contributed by atoms with E-state index in [9.17, 15) is 4.79 Å². The second kappa shape index (κ2) is 7.06. The zero-order valence-electron chi connectivity index (χ0n) is 13.7. The van der Waals surface area contributed by atoms with Gasteiger partial charge in [-0.1, -0.05) is 6.07 Å². The Hall–Kier alpha value is -3.68. The van der Waals surface area contributed by atoms with Gasteiger partial charge in [-0.25, -0.2) is 9.97 Å². The Bertz CT molecular complexity index is 933. The van der Waals surface area contributed by atoms with Crippen LogP contribution in [0.25, 0.3) is 0 Å². The van der Waals surface area contributed by atoms with Crippen molar-refractivity contribution in [3.05, 3.63) is 66.4 Å². The molecule has 4 rings (SSSR count). The molecule has 26 heavy (non-hydrogen) atoms. The number of aromatic nitrogens is 3. The van der Waals surface area contributed by atoms with E-state index < -0.39 is 0 Å². The molecule has 1 aliphatic rings. The van der Waals surface area contributed by atoms with E-state index in [1.807, 2.05) is 36.4 Å². The quantitative estimate of drug-likeness (QED) is 0.729. The fourth-order valence-electron chi connectivity index (χ4n) is 2.44. The average Bonchev–Trinajstić information content (AvgIpc) is 3.15. The first-order chi connectivity index (χ1) is 12.8. The van der Waals surface area contributed by atoms with Gasteiger partial charge < -0.3 is 20.1 Å². The summed E-state index contributed by atoms with van der Waals surface area (Å²) in [4.78, 5) is 24.6. The summed E-state index contributed by atoms with van der Waals surface area (Å²) in [7, 11) is 0. The molecular formula is C18H15N5O3. The van der Waals surface area contributed by atoms with Gasteiger partial charge in [0.25, 0.3) is 5.91 Å². The summed E-state index contributed by atoms with van der Waals surface area (Å²) in [6.07, 6.45) is 3.02. The van der Waals surface area contributed by atoms with E-state index in [4.69, 9.17) is 9.47 Å². The first kappa shape index (κ1) is 15.8. The van der Waals surface area contributed by atoms with Crippen LogP contribution in [0.4, 0.5) is 11.5 Å². The van der Waals surface area contributed by atoms with Gasteiger partial charge in [0.05, 0.1) is 12.2 Å². The highest BCUT2D eigenvalue weighted by Gasteiger charge is 2.14. The molecule has 3 heterocycles. The van der Waals surface area contributed by atoms with Gasteiger partial charge in [0, 0.05) is 24.0 Å². The van der Waals surface area contributed by atoms with Crippen molar-refractivity contribution in [2.75, 3.05) is 12.1 Å². The lowest BCUT2D eigenvalue weighted by molar-refractivity contribution is 0.0945. The normalized spacial score (nSPS) is 11.8. The average molecular weight is 349 g/mol. The number of anilines is 2. The molecule has 1 amide bonds. The zero-order chi connectivity index (χ0) is 17.8. The number of ether oxygens (including phenoxy) is 2. The Morgan fingerprint density at radius 1 is 1.04 bits per heavy atom. The van der Waals surface area contributed by atoms with Crippen molar-refractivity contribution < 1.29 is 14.3 Å². The molecule has 1 aliphatic heterocycles. The van der Waals surface area contributed by atoms with Gasteiger partial charge in [-0.2, -0.15) is 0 Å². The molecule has 0 saturated heterocycles. The van der Waals surface area contributed by atoms with Gasteiger partial charge in [0.1, 0.15) is 17.8 Å². The molecule has 2 aromatic heterocycles. The number of pyridine rings is 1. The van der Waals surface area contributed by atoms with Crippen LogP contribution in [0.3, 0.4) is 0 Å². The van der Waals surface area contributed by atoms with Crippen LogP contribution >= 0.6 is 0 Å². The number of carbonyl (C=O) groups excluding carboxylic acids is 1. The second-order valence-corrected chi connectivity index (χ2v) is 5.49. The Morgan fingerprint density at radius 3 is 2.85 bits per heavy atom. The minimum atomic E-state index is -0.299. The first-order valence-corrected chi connectivity index (χ1v) is 7.95. The van der Waals surface area contributed by atoms with Gasteiger partial charge >= 0.3 is 0 Å². The number of carbonyl (C=O) groups is 1. The summed E-state index contributed by atoms with van der Waals surface area (Å²) < 4.78 is 10.6. The fraction of sp³-hybridized carbons (Fsp3) is 0.111. The van der Waals surface area contributed by atoms with Crippen LogP contribution in [-0.4, -0.2) is 27.7 Å². The maximum atomic E-state index is 12.3. The predicted octanol–water partition coefficient (Wildman–Crippen LogP) is 2.27. The molecular weight excluding hydrogens is 334 g/mol. The van der Waals surface area contributed by atoms with Crippen molar-refractivity contribution >= 4 is 17.4 Å². The molecule has 0 unspecified atom stereocenters. The molecule has 2 N–H and O–H groups in total. The summed E-state index contributed by atoms with van der Waals surface area (Å²) in [6, 6.07) is 12.6. The van der Waals surface area contributed by atoms with E-state index in [2.05, 4.69) is 25.6 Å². The van der Waals surface area contributed by atoms with Crippen LogP contribution in [0.15, 0.2) is 55.0 Å². The summed E-state index contributed by atoms with van der Waals surface area (Å²) in [5.74, 6) is 1.57. The van der Waals surface area contributed by atoms with Crippen molar-refractivity contribution in [3.8, 4) is 11.5 Å². The maximum Gasteiger partial charge on any atom is 0.270 e. The van der Waals surface area contributed by atoms with E-state index in [1.54, 1.807) is 12.3 Å². The molecule has 0 aliphatic carbocycles. The molecule has 3 aromatic rings. The predicted molar refractivity (Wildman–Crippen MR) is 93.3 cm³/mol. The number of nitrogens with one attached hydrogen (secondary N) is 2. The van der Waals surface area contributed by atoms with Crippen LogP contribution in [0.2, 0.25) is 0 Å². The standard InChI is InChI=1S/C18H15N5O3/c24-18(20-9-13-3-1-2-6-19-13)14-8-17(22-10-21-14)23-12-4-5-15-16(7-12)26-11-25-15/h1-8,10H,9,11H2,(H,20,24)(H,21,22,23). The highest BCUT2D eigenvalue weighted by molar-refractivity contribution is 5.92. The number of benzene rings is 1. The lowest BCUT2D eigenvalue weighted by Crippen LogP contribution is -2.24. The summed E-state index contributed by atoms with van der Waals surface area (Å²) in [5.41, 5.74) is 1.81.